The molecule has 0 aromatic rings. The van der Waals surface area contributed by atoms with E-state index in [9.17, 15) is 22.4 Å². The Bertz CT molecular complexity index is 189. The molecule has 0 aliphatic heterocycles. The van der Waals surface area contributed by atoms with E-state index in [1.165, 1.54) is 0 Å². The van der Waals surface area contributed by atoms with E-state index in [2.05, 4.69) is 0 Å². The second-order valence-corrected chi connectivity index (χ2v) is 1.90. The minimum absolute atomic E-state index is 2.84. The van der Waals surface area contributed by atoms with Gasteiger partial charge < -0.3 is 15.3 Å². The van der Waals surface area contributed by atoms with Crippen LogP contribution in [0.15, 0.2) is 0 Å². The average Bonchev–Trinajstić information content (AvgIpc) is 1.86. The van der Waals surface area contributed by atoms with Gasteiger partial charge in [0.25, 0.3) is 0 Å². The number of halogens is 4. The number of hydrogen-bond donors (Lipinski definition) is 3. The lowest BCUT2D eigenvalue weighted by Crippen LogP contribution is -2.58. The largest absolute Gasteiger partial charge is 0.477 e. The van der Waals surface area contributed by atoms with Crippen molar-refractivity contribution >= 4 is 5.97 Å². The van der Waals surface area contributed by atoms with E-state index in [0.717, 1.165) is 0 Å². The Labute approximate surface area is 63.0 Å². The number of alkyl halides is 4. The topological polar surface area (TPSA) is 77.8 Å². The van der Waals surface area contributed by atoms with Crippen molar-refractivity contribution in [1.29, 1.82) is 0 Å². The van der Waals surface area contributed by atoms with E-state index in [-0.39, 0.29) is 0 Å². The zero-order valence-electron chi connectivity index (χ0n) is 5.34. The maximum absolute atomic E-state index is 11.9. The fourth-order valence-electron chi connectivity index (χ4n) is 0.295. The number of carbonyl (C=O) groups is 1. The van der Waals surface area contributed by atoms with Crippen LogP contribution in [0.1, 0.15) is 0 Å². The second-order valence-electron chi connectivity index (χ2n) is 1.90. The van der Waals surface area contributed by atoms with Crippen LogP contribution in [0.25, 0.3) is 0 Å². The smallest absolute Gasteiger partial charge is 0.371 e. The monoisotopic (exact) mass is 192 g/mol. The molecule has 4 nitrogen and oxygen atoms in total. The first-order valence-corrected chi connectivity index (χ1v) is 2.48. The fraction of sp³-hybridized carbons (Fsp3) is 0.750. The van der Waals surface area contributed by atoms with Crippen LogP contribution in [-0.2, 0) is 4.79 Å². The molecule has 0 aliphatic carbocycles. The van der Waals surface area contributed by atoms with Crippen molar-refractivity contribution in [2.75, 3.05) is 0 Å². The Morgan fingerprint density at radius 3 is 1.67 bits per heavy atom. The van der Waals surface area contributed by atoms with Crippen molar-refractivity contribution in [3.8, 4) is 0 Å². The van der Waals surface area contributed by atoms with Gasteiger partial charge in [0.05, 0.1) is 0 Å². The summed E-state index contributed by atoms with van der Waals surface area (Å²) in [6.07, 6.45) is -4.47. The van der Waals surface area contributed by atoms with Crippen LogP contribution in [0.2, 0.25) is 0 Å². The molecule has 0 bridgehead atoms. The van der Waals surface area contributed by atoms with Crippen LogP contribution in [0.5, 0.6) is 0 Å². The standard InChI is InChI=1S/C4H4F4O4/c5-1(6)3(7,8)4(11,12)2(9)10/h1,11-12H,(H,9,10). The molecule has 0 saturated heterocycles. The zero-order chi connectivity index (χ0) is 10.2. The molecule has 8 heteroatoms. The highest BCUT2D eigenvalue weighted by Crippen LogP contribution is 2.33. The van der Waals surface area contributed by atoms with Gasteiger partial charge in [0.1, 0.15) is 0 Å². The SMILES string of the molecule is O=C(O)C(O)(O)C(F)(F)C(F)F. The summed E-state index contributed by atoms with van der Waals surface area (Å²) in [5, 5.41) is 23.7. The summed E-state index contributed by atoms with van der Waals surface area (Å²) >= 11 is 0. The van der Waals surface area contributed by atoms with Crippen LogP contribution < -0.4 is 0 Å². The average molecular weight is 192 g/mol. The molecule has 0 amide bonds. The molecule has 0 spiro atoms. The molecule has 72 valence electrons. The lowest BCUT2D eigenvalue weighted by molar-refractivity contribution is -0.319. The van der Waals surface area contributed by atoms with Crippen molar-refractivity contribution in [3.05, 3.63) is 0 Å². The molecule has 0 aliphatic rings. The molecule has 0 unspecified atom stereocenters. The minimum Gasteiger partial charge on any atom is -0.477 e. The lowest BCUT2D eigenvalue weighted by atomic mass is 10.1. The third-order valence-electron chi connectivity index (χ3n) is 1.04. The molecular weight excluding hydrogens is 188 g/mol. The van der Waals surface area contributed by atoms with Crippen LogP contribution >= 0.6 is 0 Å². The van der Waals surface area contributed by atoms with Crippen LogP contribution in [0.4, 0.5) is 17.6 Å². The summed E-state index contributed by atoms with van der Waals surface area (Å²) in [5.74, 6) is -13.0. The molecular formula is C4H4F4O4. The third kappa shape index (κ3) is 1.48. The molecule has 12 heavy (non-hydrogen) atoms. The molecule has 0 saturated carbocycles. The molecule has 0 aromatic carbocycles. The molecule has 3 N–H and O–H groups in total. The van der Waals surface area contributed by atoms with Gasteiger partial charge in [-0.2, -0.15) is 8.78 Å². The summed E-state index contributed by atoms with van der Waals surface area (Å²) in [6, 6.07) is 0. The number of aliphatic hydroxyl groups is 2. The van der Waals surface area contributed by atoms with E-state index < -0.39 is 24.1 Å². The predicted octanol–water partition coefficient (Wildman–Crippen LogP) is -0.348. The first-order chi connectivity index (χ1) is 5.14. The number of carboxylic acid groups (broad SMARTS) is 1. The van der Waals surface area contributed by atoms with E-state index in [4.69, 9.17) is 15.3 Å². The molecule has 0 heterocycles. The van der Waals surface area contributed by atoms with E-state index in [0.29, 0.717) is 0 Å². The van der Waals surface area contributed by atoms with Gasteiger partial charge in [0.2, 0.25) is 0 Å². The van der Waals surface area contributed by atoms with Gasteiger partial charge in [-0.25, -0.2) is 13.6 Å². The number of aliphatic carboxylic acids is 1. The van der Waals surface area contributed by atoms with E-state index >= 15 is 0 Å². The van der Waals surface area contributed by atoms with Gasteiger partial charge in [0.15, 0.2) is 0 Å². The van der Waals surface area contributed by atoms with Gasteiger partial charge in [-0.3, -0.25) is 0 Å². The first-order valence-electron chi connectivity index (χ1n) is 2.48. The third-order valence-corrected chi connectivity index (χ3v) is 1.04. The number of rotatable bonds is 3. The maximum atomic E-state index is 11.9. The summed E-state index contributed by atoms with van der Waals surface area (Å²) in [6.45, 7) is 0. The van der Waals surface area contributed by atoms with Crippen molar-refractivity contribution < 1.29 is 37.7 Å². The summed E-state index contributed by atoms with van der Waals surface area (Å²) in [7, 11) is 0. The predicted molar refractivity (Wildman–Crippen MR) is 25.8 cm³/mol. The van der Waals surface area contributed by atoms with Gasteiger partial charge in [-0.05, 0) is 0 Å². The van der Waals surface area contributed by atoms with E-state index in [1.807, 2.05) is 0 Å². The Morgan fingerprint density at radius 1 is 1.25 bits per heavy atom. The highest BCUT2D eigenvalue weighted by atomic mass is 19.3. The highest BCUT2D eigenvalue weighted by Gasteiger charge is 2.64. The summed E-state index contributed by atoms with van der Waals surface area (Å²) in [5.41, 5.74) is 0. The Kier molecular flexibility index (Phi) is 2.65. The molecule has 0 aromatic heterocycles. The Morgan fingerprint density at radius 2 is 1.58 bits per heavy atom. The van der Waals surface area contributed by atoms with Crippen molar-refractivity contribution in [3.63, 3.8) is 0 Å². The normalized spacial score (nSPS) is 13.6. The first kappa shape index (κ1) is 11.1. The molecule has 0 rings (SSSR count). The van der Waals surface area contributed by atoms with Crippen molar-refractivity contribution in [2.45, 2.75) is 18.1 Å². The lowest BCUT2D eigenvalue weighted by Gasteiger charge is -2.25. The van der Waals surface area contributed by atoms with Gasteiger partial charge >= 0.3 is 24.1 Å². The summed E-state index contributed by atoms with van der Waals surface area (Å²) < 4.78 is 46.6. The Balaban J connectivity index is 4.88. The molecule has 0 radical (unpaired) electrons. The summed E-state index contributed by atoms with van der Waals surface area (Å²) in [4.78, 5) is 9.66. The van der Waals surface area contributed by atoms with Crippen molar-refractivity contribution in [2.24, 2.45) is 0 Å². The molecule has 0 fully saturated rings. The fourth-order valence-corrected chi connectivity index (χ4v) is 0.295. The van der Waals surface area contributed by atoms with Gasteiger partial charge in [0, 0.05) is 0 Å². The quantitative estimate of drug-likeness (QED) is 0.422. The van der Waals surface area contributed by atoms with Gasteiger partial charge in [-0.15, -0.1) is 0 Å². The van der Waals surface area contributed by atoms with Crippen LogP contribution in [0.3, 0.4) is 0 Å². The van der Waals surface area contributed by atoms with Crippen LogP contribution in [-0.4, -0.2) is 39.4 Å². The zero-order valence-corrected chi connectivity index (χ0v) is 5.34. The number of hydrogen-bond acceptors (Lipinski definition) is 3. The minimum atomic E-state index is -5.40. The van der Waals surface area contributed by atoms with E-state index in [1.54, 1.807) is 0 Å². The van der Waals surface area contributed by atoms with Gasteiger partial charge in [-0.1, -0.05) is 0 Å². The maximum Gasteiger partial charge on any atom is 0.371 e. The van der Waals surface area contributed by atoms with Crippen molar-refractivity contribution in [1.82, 2.24) is 0 Å². The highest BCUT2D eigenvalue weighted by molar-refractivity contribution is 5.76. The number of carboxylic acids is 1. The van der Waals surface area contributed by atoms with Crippen LogP contribution in [0, 0.1) is 0 Å². The Hall–Kier alpha value is -0.890. The molecule has 0 atom stereocenters. The second kappa shape index (κ2) is 2.87.